The molecule has 1 aliphatic rings. The molecule has 130 valence electrons. The van der Waals surface area contributed by atoms with Crippen molar-refractivity contribution in [1.82, 2.24) is 15.6 Å². The Labute approximate surface area is 147 Å². The number of carbonyl (C=O) groups excluding carboxylic acids is 2. The molecule has 1 aromatic heterocycles. The SMILES string of the molecule is COC(=O)C(NC1=N/C(=C\c2ccc3ncsc3c2)C(=O)N1)C(C)O. The number of aromatic nitrogens is 1. The van der Waals surface area contributed by atoms with Crippen LogP contribution in [0.25, 0.3) is 16.3 Å². The lowest BCUT2D eigenvalue weighted by Gasteiger charge is -2.19. The van der Waals surface area contributed by atoms with Gasteiger partial charge in [-0.25, -0.2) is 14.8 Å². The van der Waals surface area contributed by atoms with Crippen molar-refractivity contribution in [3.63, 3.8) is 0 Å². The van der Waals surface area contributed by atoms with Gasteiger partial charge in [-0.2, -0.15) is 0 Å². The lowest BCUT2D eigenvalue weighted by atomic mass is 10.2. The van der Waals surface area contributed by atoms with Crippen LogP contribution >= 0.6 is 11.3 Å². The van der Waals surface area contributed by atoms with Crippen LogP contribution in [0.2, 0.25) is 0 Å². The van der Waals surface area contributed by atoms with E-state index in [1.165, 1.54) is 25.4 Å². The molecule has 0 spiro atoms. The third kappa shape index (κ3) is 3.67. The van der Waals surface area contributed by atoms with Gasteiger partial charge in [-0.05, 0) is 30.7 Å². The minimum absolute atomic E-state index is 0.0893. The number of methoxy groups -OCH3 is 1. The molecule has 1 aromatic carbocycles. The Kier molecular flexibility index (Phi) is 4.77. The van der Waals surface area contributed by atoms with Gasteiger partial charge in [-0.3, -0.25) is 10.1 Å². The molecule has 3 N–H and O–H groups in total. The number of carbonyl (C=O) groups is 2. The van der Waals surface area contributed by atoms with E-state index in [0.29, 0.717) is 0 Å². The van der Waals surface area contributed by atoms with E-state index in [-0.39, 0.29) is 11.7 Å². The molecule has 9 heteroatoms. The molecule has 0 saturated carbocycles. The number of esters is 1. The molecule has 1 amide bonds. The van der Waals surface area contributed by atoms with Crippen LogP contribution in [0.15, 0.2) is 34.4 Å². The first-order valence-electron chi connectivity index (χ1n) is 7.45. The van der Waals surface area contributed by atoms with Crippen LogP contribution in [0.1, 0.15) is 12.5 Å². The quantitative estimate of drug-likeness (QED) is 0.545. The van der Waals surface area contributed by atoms with Crippen LogP contribution in [0.3, 0.4) is 0 Å². The van der Waals surface area contributed by atoms with Crippen LogP contribution in [0.4, 0.5) is 0 Å². The number of rotatable bonds is 4. The van der Waals surface area contributed by atoms with Crippen molar-refractivity contribution in [1.29, 1.82) is 0 Å². The number of aliphatic imine (C=N–C) groups is 1. The van der Waals surface area contributed by atoms with E-state index < -0.39 is 24.0 Å². The van der Waals surface area contributed by atoms with Crippen LogP contribution < -0.4 is 10.6 Å². The molecule has 25 heavy (non-hydrogen) atoms. The molecule has 0 aliphatic carbocycles. The number of hydrogen-bond acceptors (Lipinski definition) is 8. The number of hydrogen-bond donors (Lipinski definition) is 3. The average Bonchev–Trinajstić information content (AvgIpc) is 3.18. The minimum Gasteiger partial charge on any atom is -0.467 e. The average molecular weight is 360 g/mol. The maximum absolute atomic E-state index is 12.1. The van der Waals surface area contributed by atoms with Crippen molar-refractivity contribution in [2.75, 3.05) is 7.11 Å². The van der Waals surface area contributed by atoms with E-state index in [4.69, 9.17) is 0 Å². The van der Waals surface area contributed by atoms with Gasteiger partial charge < -0.3 is 15.2 Å². The van der Waals surface area contributed by atoms with Gasteiger partial charge in [0.15, 0.2) is 6.04 Å². The number of thiazole rings is 1. The highest BCUT2D eigenvalue weighted by Gasteiger charge is 2.29. The summed E-state index contributed by atoms with van der Waals surface area (Å²) in [6.07, 6.45) is 0.618. The first kappa shape index (κ1) is 17.1. The van der Waals surface area contributed by atoms with Gasteiger partial charge in [0, 0.05) is 0 Å². The van der Waals surface area contributed by atoms with E-state index in [0.717, 1.165) is 15.8 Å². The van der Waals surface area contributed by atoms with E-state index in [1.807, 2.05) is 18.2 Å². The van der Waals surface area contributed by atoms with Gasteiger partial charge in [-0.1, -0.05) is 6.07 Å². The summed E-state index contributed by atoms with van der Waals surface area (Å²) in [7, 11) is 1.22. The number of aliphatic hydroxyl groups excluding tert-OH is 1. The Morgan fingerprint density at radius 1 is 1.48 bits per heavy atom. The van der Waals surface area contributed by atoms with Crippen molar-refractivity contribution in [3.05, 3.63) is 35.0 Å². The fraction of sp³-hybridized carbons (Fsp3) is 0.250. The van der Waals surface area contributed by atoms with E-state index in [1.54, 1.807) is 11.6 Å². The zero-order valence-corrected chi connectivity index (χ0v) is 14.3. The summed E-state index contributed by atoms with van der Waals surface area (Å²) in [5, 5.41) is 14.9. The first-order valence-corrected chi connectivity index (χ1v) is 8.33. The van der Waals surface area contributed by atoms with Crippen molar-refractivity contribution >= 4 is 45.5 Å². The van der Waals surface area contributed by atoms with Crippen LogP contribution in [-0.2, 0) is 14.3 Å². The molecule has 3 rings (SSSR count). The Bertz CT molecular complexity index is 887. The molecule has 2 aromatic rings. The maximum atomic E-state index is 12.1. The van der Waals surface area contributed by atoms with Crippen LogP contribution in [0, 0.1) is 0 Å². The van der Waals surface area contributed by atoms with Gasteiger partial charge in [0.2, 0.25) is 5.96 Å². The number of nitrogens with one attached hydrogen (secondary N) is 2. The number of aliphatic hydroxyl groups is 1. The van der Waals surface area contributed by atoms with Gasteiger partial charge >= 0.3 is 5.97 Å². The van der Waals surface area contributed by atoms with Gasteiger partial charge in [-0.15, -0.1) is 11.3 Å². The maximum Gasteiger partial charge on any atom is 0.331 e. The molecule has 1 aliphatic heterocycles. The molecule has 0 bridgehead atoms. The van der Waals surface area contributed by atoms with Crippen molar-refractivity contribution < 1.29 is 19.4 Å². The van der Waals surface area contributed by atoms with Crippen molar-refractivity contribution in [3.8, 4) is 0 Å². The van der Waals surface area contributed by atoms with Gasteiger partial charge in [0.05, 0.1) is 28.9 Å². The van der Waals surface area contributed by atoms with E-state index >= 15 is 0 Å². The molecular formula is C16H16N4O4S. The summed E-state index contributed by atoms with van der Waals surface area (Å²) in [5.41, 5.74) is 3.66. The summed E-state index contributed by atoms with van der Waals surface area (Å²) in [6.45, 7) is 1.44. The molecule has 2 atom stereocenters. The smallest absolute Gasteiger partial charge is 0.331 e. The number of fused-ring (bicyclic) bond motifs is 1. The summed E-state index contributed by atoms with van der Waals surface area (Å²) in [6, 6.07) is 4.60. The molecular weight excluding hydrogens is 344 g/mol. The highest BCUT2D eigenvalue weighted by Crippen LogP contribution is 2.21. The molecule has 2 unspecified atom stereocenters. The van der Waals surface area contributed by atoms with Crippen LogP contribution in [0.5, 0.6) is 0 Å². The van der Waals surface area contributed by atoms with Crippen molar-refractivity contribution in [2.24, 2.45) is 4.99 Å². The fourth-order valence-corrected chi connectivity index (χ4v) is 3.03. The summed E-state index contributed by atoms with van der Waals surface area (Å²) < 4.78 is 5.63. The summed E-state index contributed by atoms with van der Waals surface area (Å²) >= 11 is 1.51. The van der Waals surface area contributed by atoms with Crippen LogP contribution in [-0.4, -0.2) is 47.2 Å². The highest BCUT2D eigenvalue weighted by atomic mass is 32.1. The highest BCUT2D eigenvalue weighted by molar-refractivity contribution is 7.16. The topological polar surface area (TPSA) is 113 Å². The number of amides is 1. The predicted molar refractivity (Wildman–Crippen MR) is 93.8 cm³/mol. The number of nitrogens with zero attached hydrogens (tertiary/aromatic N) is 2. The standard InChI is InChI=1S/C16H16N4O4S/c1-8(21)13(15(23)24-2)19-16-18-11(14(22)20-16)5-9-3-4-10-12(6-9)25-7-17-10/h3-8,13,21H,1-2H3,(H2,18,19,20,22)/b11-5-. The zero-order valence-electron chi connectivity index (χ0n) is 13.5. The normalized spacial score (nSPS) is 18.0. The van der Waals surface area contributed by atoms with Crippen molar-refractivity contribution in [2.45, 2.75) is 19.1 Å². The third-order valence-electron chi connectivity index (χ3n) is 3.59. The molecule has 2 heterocycles. The minimum atomic E-state index is -1.03. The second-order valence-electron chi connectivity index (χ2n) is 5.41. The van der Waals surface area contributed by atoms with Gasteiger partial charge in [0.25, 0.3) is 5.91 Å². The zero-order chi connectivity index (χ0) is 18.0. The Hall–Kier alpha value is -2.78. The Balaban J connectivity index is 1.82. The first-order chi connectivity index (χ1) is 12.0. The molecule has 0 saturated heterocycles. The lowest BCUT2D eigenvalue weighted by molar-refractivity contribution is -0.145. The largest absolute Gasteiger partial charge is 0.467 e. The van der Waals surface area contributed by atoms with Gasteiger partial charge in [0.1, 0.15) is 5.70 Å². The fourth-order valence-electron chi connectivity index (χ4n) is 2.31. The third-order valence-corrected chi connectivity index (χ3v) is 4.38. The van der Waals surface area contributed by atoms with E-state index in [2.05, 4.69) is 25.3 Å². The summed E-state index contributed by atoms with van der Waals surface area (Å²) in [4.78, 5) is 32.1. The second kappa shape index (κ2) is 6.99. The molecule has 8 nitrogen and oxygen atoms in total. The number of benzene rings is 1. The predicted octanol–water partition coefficient (Wildman–Crippen LogP) is 0.635. The number of ether oxygens (including phenoxy) is 1. The monoisotopic (exact) mass is 360 g/mol. The Morgan fingerprint density at radius 3 is 3.00 bits per heavy atom. The summed E-state index contributed by atoms with van der Waals surface area (Å²) in [5.74, 6) is -0.965. The number of guanidine groups is 1. The second-order valence-corrected chi connectivity index (χ2v) is 6.30. The molecule has 0 radical (unpaired) electrons. The Morgan fingerprint density at radius 2 is 2.28 bits per heavy atom. The molecule has 0 fully saturated rings. The van der Waals surface area contributed by atoms with E-state index in [9.17, 15) is 14.7 Å². The lowest BCUT2D eigenvalue weighted by Crippen LogP contribution is -2.51.